The van der Waals surface area contributed by atoms with E-state index in [1.165, 1.54) is 0 Å². The van der Waals surface area contributed by atoms with E-state index in [1.807, 2.05) is 36.4 Å². The van der Waals surface area contributed by atoms with Crippen molar-refractivity contribution < 1.29 is 14.3 Å². The molecule has 2 aromatic rings. The Morgan fingerprint density at radius 2 is 1.73 bits per heavy atom. The fourth-order valence-corrected chi connectivity index (χ4v) is 2.14. The van der Waals surface area contributed by atoms with E-state index in [2.05, 4.69) is 10.3 Å². The first-order valence-corrected chi connectivity index (χ1v) is 7.06. The molecular formula is C17H20N2O3. The highest BCUT2D eigenvalue weighted by Gasteiger charge is 2.16. The lowest BCUT2D eigenvalue weighted by molar-refractivity contribution is -0.122. The molecule has 1 N–H and O–H groups in total. The Bertz CT molecular complexity index is 585. The fraction of sp³-hybridized carbons (Fsp3) is 0.294. The van der Waals surface area contributed by atoms with Crippen molar-refractivity contribution in [3.05, 3.63) is 59.9 Å². The van der Waals surface area contributed by atoms with Gasteiger partial charge in [-0.15, -0.1) is 0 Å². The number of rotatable bonds is 7. The molecule has 0 radical (unpaired) electrons. The molecule has 0 aliphatic carbocycles. The van der Waals surface area contributed by atoms with Gasteiger partial charge in [-0.2, -0.15) is 0 Å². The van der Waals surface area contributed by atoms with Crippen molar-refractivity contribution in [2.24, 2.45) is 0 Å². The molecule has 0 aliphatic heterocycles. The molecule has 0 fully saturated rings. The highest BCUT2D eigenvalue weighted by molar-refractivity contribution is 5.77. The number of carbonyl (C=O) groups is 1. The van der Waals surface area contributed by atoms with Crippen molar-refractivity contribution in [3.8, 4) is 5.75 Å². The summed E-state index contributed by atoms with van der Waals surface area (Å²) in [5.74, 6) is 0.724. The van der Waals surface area contributed by atoms with Gasteiger partial charge in [-0.3, -0.25) is 9.78 Å². The molecule has 1 amide bonds. The number of methoxy groups -OCH3 is 2. The summed E-state index contributed by atoms with van der Waals surface area (Å²) in [4.78, 5) is 16.1. The third-order valence-electron chi connectivity index (χ3n) is 3.33. The summed E-state index contributed by atoms with van der Waals surface area (Å²) in [6.07, 6.45) is 3.76. The zero-order valence-electron chi connectivity index (χ0n) is 12.8. The summed E-state index contributed by atoms with van der Waals surface area (Å²) in [6, 6.07) is 11.2. The first kappa shape index (κ1) is 16.0. The third kappa shape index (κ3) is 4.30. The Kier molecular flexibility index (Phi) is 5.91. The quantitative estimate of drug-likeness (QED) is 0.852. The fourth-order valence-electron chi connectivity index (χ4n) is 2.14. The summed E-state index contributed by atoms with van der Waals surface area (Å²) in [5.41, 5.74) is 1.96. The second kappa shape index (κ2) is 8.14. The summed E-state index contributed by atoms with van der Waals surface area (Å²) in [7, 11) is 3.21. The molecule has 0 bridgehead atoms. The summed E-state index contributed by atoms with van der Waals surface area (Å²) in [5, 5.41) is 3.03. The van der Waals surface area contributed by atoms with Gasteiger partial charge in [0.25, 0.3) is 0 Å². The maximum Gasteiger partial charge on any atom is 0.223 e. The number of aromatic nitrogens is 1. The number of hydrogen-bond acceptors (Lipinski definition) is 4. The van der Waals surface area contributed by atoms with E-state index in [0.29, 0.717) is 13.0 Å². The average Bonchev–Trinajstić information content (AvgIpc) is 2.59. The monoisotopic (exact) mass is 300 g/mol. The van der Waals surface area contributed by atoms with Gasteiger partial charge in [0.2, 0.25) is 5.91 Å². The zero-order chi connectivity index (χ0) is 15.8. The van der Waals surface area contributed by atoms with Crippen molar-refractivity contribution in [1.29, 1.82) is 0 Å². The first-order valence-electron chi connectivity index (χ1n) is 7.06. The zero-order valence-corrected chi connectivity index (χ0v) is 12.8. The van der Waals surface area contributed by atoms with Crippen LogP contribution in [0.1, 0.15) is 23.6 Å². The predicted molar refractivity (Wildman–Crippen MR) is 83.7 cm³/mol. The molecule has 1 heterocycles. The maximum absolute atomic E-state index is 12.1. The minimum Gasteiger partial charge on any atom is -0.497 e. The van der Waals surface area contributed by atoms with Crippen LogP contribution in [0.2, 0.25) is 0 Å². The number of amides is 1. The van der Waals surface area contributed by atoms with Gasteiger partial charge in [0.1, 0.15) is 5.75 Å². The Morgan fingerprint density at radius 3 is 2.32 bits per heavy atom. The van der Waals surface area contributed by atoms with Gasteiger partial charge >= 0.3 is 0 Å². The Morgan fingerprint density at radius 1 is 1.09 bits per heavy atom. The van der Waals surface area contributed by atoms with Gasteiger partial charge in [-0.1, -0.05) is 12.1 Å². The third-order valence-corrected chi connectivity index (χ3v) is 3.33. The lowest BCUT2D eigenvalue weighted by atomic mass is 9.99. The molecule has 0 saturated heterocycles. The number of nitrogens with one attached hydrogen (secondary N) is 1. The average molecular weight is 300 g/mol. The molecule has 0 aliphatic rings. The van der Waals surface area contributed by atoms with Crippen LogP contribution in [0.15, 0.2) is 48.8 Å². The number of pyridine rings is 1. The van der Waals surface area contributed by atoms with E-state index >= 15 is 0 Å². The van der Waals surface area contributed by atoms with Crippen molar-refractivity contribution in [2.75, 3.05) is 20.8 Å². The molecule has 116 valence electrons. The normalized spacial score (nSPS) is 11.7. The lowest BCUT2D eigenvalue weighted by Gasteiger charge is -2.20. The second-order valence-corrected chi connectivity index (χ2v) is 4.80. The van der Waals surface area contributed by atoms with Crippen LogP contribution >= 0.6 is 0 Å². The van der Waals surface area contributed by atoms with Gasteiger partial charge in [-0.05, 0) is 35.4 Å². The molecule has 1 atom stereocenters. The SMILES string of the molecule is COCCC(=O)N[C@@H](c1ccncc1)c1ccc(OC)cc1. The van der Waals surface area contributed by atoms with Crippen LogP contribution in [-0.4, -0.2) is 31.7 Å². The van der Waals surface area contributed by atoms with Gasteiger partial charge in [0.15, 0.2) is 0 Å². The predicted octanol–water partition coefficient (Wildman–Crippen LogP) is 2.33. The minimum absolute atomic E-state index is 0.0560. The van der Waals surface area contributed by atoms with E-state index in [-0.39, 0.29) is 11.9 Å². The van der Waals surface area contributed by atoms with E-state index in [9.17, 15) is 4.79 Å². The molecule has 1 aromatic heterocycles. The molecule has 5 heteroatoms. The number of ether oxygens (including phenoxy) is 2. The summed E-state index contributed by atoms with van der Waals surface area (Å²) in [6.45, 7) is 0.400. The standard InChI is InChI=1S/C17H20N2O3/c1-21-12-9-16(20)19-17(14-7-10-18-11-8-14)13-3-5-15(22-2)6-4-13/h3-8,10-11,17H,9,12H2,1-2H3,(H,19,20)/t17-/m1/s1. The Hall–Kier alpha value is -2.40. The lowest BCUT2D eigenvalue weighted by Crippen LogP contribution is -2.30. The van der Waals surface area contributed by atoms with Gasteiger partial charge in [-0.25, -0.2) is 0 Å². The van der Waals surface area contributed by atoms with Crippen LogP contribution in [0.4, 0.5) is 0 Å². The van der Waals surface area contributed by atoms with Crippen LogP contribution in [0.5, 0.6) is 5.75 Å². The number of hydrogen-bond donors (Lipinski definition) is 1. The summed E-state index contributed by atoms with van der Waals surface area (Å²) < 4.78 is 10.1. The van der Waals surface area contributed by atoms with Crippen molar-refractivity contribution >= 4 is 5.91 Å². The Labute approximate surface area is 130 Å². The van der Waals surface area contributed by atoms with Gasteiger partial charge in [0.05, 0.1) is 19.8 Å². The molecule has 22 heavy (non-hydrogen) atoms. The van der Waals surface area contributed by atoms with Crippen LogP contribution in [0, 0.1) is 0 Å². The highest BCUT2D eigenvalue weighted by Crippen LogP contribution is 2.23. The minimum atomic E-state index is -0.224. The van der Waals surface area contributed by atoms with Crippen molar-refractivity contribution in [2.45, 2.75) is 12.5 Å². The first-order chi connectivity index (χ1) is 10.7. The number of nitrogens with zero attached hydrogens (tertiary/aromatic N) is 1. The number of carbonyl (C=O) groups excluding carboxylic acids is 1. The maximum atomic E-state index is 12.1. The van der Waals surface area contributed by atoms with Crippen molar-refractivity contribution in [1.82, 2.24) is 10.3 Å². The highest BCUT2D eigenvalue weighted by atomic mass is 16.5. The van der Waals surface area contributed by atoms with Crippen LogP contribution in [0.3, 0.4) is 0 Å². The van der Waals surface area contributed by atoms with Gasteiger partial charge < -0.3 is 14.8 Å². The van der Waals surface area contributed by atoms with Crippen molar-refractivity contribution in [3.63, 3.8) is 0 Å². The molecule has 1 aromatic carbocycles. The topological polar surface area (TPSA) is 60.5 Å². The van der Waals surface area contributed by atoms with Crippen LogP contribution < -0.4 is 10.1 Å². The molecule has 2 rings (SSSR count). The second-order valence-electron chi connectivity index (χ2n) is 4.80. The van der Waals surface area contributed by atoms with E-state index in [1.54, 1.807) is 26.6 Å². The molecule has 0 spiro atoms. The molecule has 0 unspecified atom stereocenters. The smallest absolute Gasteiger partial charge is 0.223 e. The largest absolute Gasteiger partial charge is 0.497 e. The number of benzene rings is 1. The Balaban J connectivity index is 2.22. The molecule has 5 nitrogen and oxygen atoms in total. The molecular weight excluding hydrogens is 280 g/mol. The van der Waals surface area contributed by atoms with E-state index < -0.39 is 0 Å². The van der Waals surface area contributed by atoms with Crippen LogP contribution in [-0.2, 0) is 9.53 Å². The molecule has 0 saturated carbocycles. The summed E-state index contributed by atoms with van der Waals surface area (Å²) >= 11 is 0. The van der Waals surface area contributed by atoms with E-state index in [4.69, 9.17) is 9.47 Å². The van der Waals surface area contributed by atoms with Gasteiger partial charge in [0, 0.05) is 25.9 Å². The van der Waals surface area contributed by atoms with E-state index in [0.717, 1.165) is 16.9 Å². The van der Waals surface area contributed by atoms with Crippen LogP contribution in [0.25, 0.3) is 0 Å².